The molecular weight excluding hydrogens is 436 g/mol. The lowest BCUT2D eigenvalue weighted by Crippen LogP contribution is -2.53. The smallest absolute Gasteiger partial charge is 0.306 e. The number of rotatable bonds is 9. The van der Waals surface area contributed by atoms with Crippen LogP contribution in [0.4, 0.5) is 0 Å². The van der Waals surface area contributed by atoms with E-state index in [-0.39, 0.29) is 30.5 Å². The van der Waals surface area contributed by atoms with Crippen molar-refractivity contribution in [3.63, 3.8) is 0 Å². The zero-order valence-electron chi connectivity index (χ0n) is 19.9. The molecule has 1 N–H and O–H groups in total. The van der Waals surface area contributed by atoms with Crippen LogP contribution < -0.4 is 0 Å². The number of carbonyl (C=O) groups is 4. The quantitative estimate of drug-likeness (QED) is 0.303. The first-order valence-electron chi connectivity index (χ1n) is 11.0. The van der Waals surface area contributed by atoms with Crippen molar-refractivity contribution in [3.8, 4) is 0 Å². The Labute approximate surface area is 193 Å². The maximum absolute atomic E-state index is 11.9. The normalized spacial score (nSPS) is 33.1. The predicted octanol–water partition coefficient (Wildman–Crippen LogP) is 2.03. The van der Waals surface area contributed by atoms with Crippen molar-refractivity contribution >= 4 is 23.9 Å². The SMILES string of the molecule is CC(=O)O[C@@H]1[C@@H](C/C=C/C(C)[C@H](C)OC(C)=O)CO[C@@H]2[C@@H]1OC(C)(CC(=O)O)[C@H]2OC(C)=O. The molecule has 2 fully saturated rings. The minimum Gasteiger partial charge on any atom is -0.481 e. The lowest BCUT2D eigenvalue weighted by atomic mass is 9.86. The molecule has 33 heavy (non-hydrogen) atoms. The van der Waals surface area contributed by atoms with Gasteiger partial charge in [0.25, 0.3) is 0 Å². The highest BCUT2D eigenvalue weighted by atomic mass is 16.7. The molecule has 2 unspecified atom stereocenters. The number of carbonyl (C=O) groups excluding carboxylic acids is 3. The molecular formula is C23H34O10. The molecule has 2 aliphatic heterocycles. The Kier molecular flexibility index (Phi) is 9.02. The molecule has 0 aliphatic carbocycles. The van der Waals surface area contributed by atoms with Crippen LogP contribution in [0.15, 0.2) is 12.2 Å². The van der Waals surface area contributed by atoms with Gasteiger partial charge in [0, 0.05) is 32.6 Å². The molecule has 2 aliphatic rings. The molecule has 0 spiro atoms. The van der Waals surface area contributed by atoms with E-state index in [1.54, 1.807) is 13.8 Å². The summed E-state index contributed by atoms with van der Waals surface area (Å²) >= 11 is 0. The van der Waals surface area contributed by atoms with Crippen LogP contribution in [0, 0.1) is 11.8 Å². The van der Waals surface area contributed by atoms with Gasteiger partial charge >= 0.3 is 23.9 Å². The average Bonchev–Trinajstić information content (AvgIpc) is 2.93. The first-order valence-corrected chi connectivity index (χ1v) is 11.0. The van der Waals surface area contributed by atoms with Crippen LogP contribution in [-0.4, -0.2) is 71.7 Å². The topological polar surface area (TPSA) is 135 Å². The van der Waals surface area contributed by atoms with Crippen LogP contribution in [0.1, 0.15) is 54.4 Å². The van der Waals surface area contributed by atoms with Gasteiger partial charge in [-0.05, 0) is 20.3 Å². The number of allylic oxidation sites excluding steroid dienone is 1. The Morgan fingerprint density at radius 1 is 1.06 bits per heavy atom. The second-order valence-electron chi connectivity index (χ2n) is 8.97. The lowest BCUT2D eigenvalue weighted by molar-refractivity contribution is -0.193. The summed E-state index contributed by atoms with van der Waals surface area (Å²) in [6, 6.07) is 0. The Morgan fingerprint density at radius 2 is 1.70 bits per heavy atom. The summed E-state index contributed by atoms with van der Waals surface area (Å²) in [6.07, 6.45) is 0.337. The number of hydrogen-bond acceptors (Lipinski definition) is 9. The third kappa shape index (κ3) is 7.01. The molecule has 0 bridgehead atoms. The fourth-order valence-corrected chi connectivity index (χ4v) is 4.36. The number of esters is 3. The molecule has 0 amide bonds. The third-order valence-corrected chi connectivity index (χ3v) is 5.99. The van der Waals surface area contributed by atoms with Crippen molar-refractivity contribution in [1.29, 1.82) is 0 Å². The van der Waals surface area contributed by atoms with Crippen LogP contribution in [-0.2, 0) is 42.9 Å². The molecule has 10 heteroatoms. The molecule has 0 radical (unpaired) electrons. The second-order valence-corrected chi connectivity index (χ2v) is 8.97. The van der Waals surface area contributed by atoms with E-state index in [0.717, 1.165) is 0 Å². The first kappa shape index (κ1) is 26.8. The Bertz CT molecular complexity index is 777. The minimum absolute atomic E-state index is 0.0340. The summed E-state index contributed by atoms with van der Waals surface area (Å²) in [5.74, 6) is -2.87. The van der Waals surface area contributed by atoms with Gasteiger partial charge in [-0.3, -0.25) is 19.2 Å². The number of aliphatic carboxylic acids is 1. The van der Waals surface area contributed by atoms with Crippen LogP contribution in [0.5, 0.6) is 0 Å². The molecule has 2 heterocycles. The number of hydrogen-bond donors (Lipinski definition) is 1. The summed E-state index contributed by atoms with van der Waals surface area (Å²) in [4.78, 5) is 46.2. The van der Waals surface area contributed by atoms with Gasteiger partial charge in [-0.1, -0.05) is 19.1 Å². The minimum atomic E-state index is -1.34. The summed E-state index contributed by atoms with van der Waals surface area (Å²) in [5, 5.41) is 9.37. The number of ether oxygens (including phenoxy) is 5. The highest BCUT2D eigenvalue weighted by molar-refractivity contribution is 5.69. The van der Waals surface area contributed by atoms with E-state index >= 15 is 0 Å². The van der Waals surface area contributed by atoms with Crippen molar-refractivity contribution in [2.24, 2.45) is 11.8 Å². The van der Waals surface area contributed by atoms with E-state index in [4.69, 9.17) is 23.7 Å². The largest absolute Gasteiger partial charge is 0.481 e. The van der Waals surface area contributed by atoms with Gasteiger partial charge in [0.2, 0.25) is 0 Å². The van der Waals surface area contributed by atoms with E-state index in [0.29, 0.717) is 6.42 Å². The van der Waals surface area contributed by atoms with Gasteiger partial charge in [0.05, 0.1) is 13.0 Å². The number of fused-ring (bicyclic) bond motifs is 1. The fraction of sp³-hybridized carbons (Fsp3) is 0.739. The lowest BCUT2D eigenvalue weighted by Gasteiger charge is -2.38. The summed E-state index contributed by atoms with van der Waals surface area (Å²) in [6.45, 7) is 9.34. The van der Waals surface area contributed by atoms with Crippen LogP contribution in [0.3, 0.4) is 0 Å². The summed E-state index contributed by atoms with van der Waals surface area (Å²) < 4.78 is 28.3. The number of carboxylic acid groups (broad SMARTS) is 1. The van der Waals surface area contributed by atoms with Crippen molar-refractivity contribution in [2.45, 2.75) is 90.5 Å². The molecule has 0 aromatic heterocycles. The average molecular weight is 471 g/mol. The summed E-state index contributed by atoms with van der Waals surface area (Å²) in [5.41, 5.74) is -1.34. The molecule has 8 atom stereocenters. The van der Waals surface area contributed by atoms with Gasteiger partial charge in [0.15, 0.2) is 6.10 Å². The Hall–Kier alpha value is -2.46. The second kappa shape index (κ2) is 11.1. The molecule has 0 aromatic rings. The van der Waals surface area contributed by atoms with Gasteiger partial charge in [-0.2, -0.15) is 0 Å². The van der Waals surface area contributed by atoms with E-state index in [2.05, 4.69) is 0 Å². The van der Waals surface area contributed by atoms with E-state index < -0.39 is 54.3 Å². The van der Waals surface area contributed by atoms with E-state index in [9.17, 15) is 24.3 Å². The van der Waals surface area contributed by atoms with Crippen LogP contribution in [0.25, 0.3) is 0 Å². The van der Waals surface area contributed by atoms with Crippen molar-refractivity contribution < 1.29 is 48.0 Å². The third-order valence-electron chi connectivity index (χ3n) is 5.99. The van der Waals surface area contributed by atoms with E-state index in [1.165, 1.54) is 20.8 Å². The van der Waals surface area contributed by atoms with Crippen molar-refractivity contribution in [3.05, 3.63) is 12.2 Å². The summed E-state index contributed by atoms with van der Waals surface area (Å²) in [7, 11) is 0. The number of carboxylic acids is 1. The standard InChI is InChI=1S/C23H34O10/c1-12(13(2)30-14(3)24)8-7-9-17-11-29-21-20(19(17)31-15(4)25)33-23(6,10-18(27)28)22(21)32-16(5)26/h7-8,12-13,17,19-22H,9-11H2,1-6H3,(H,27,28)/b8-7+/t12?,13-,17-,19+,20+,21+,22-,23?/m0/s1. The molecule has 10 nitrogen and oxygen atoms in total. The maximum atomic E-state index is 11.9. The highest BCUT2D eigenvalue weighted by Gasteiger charge is 2.61. The highest BCUT2D eigenvalue weighted by Crippen LogP contribution is 2.44. The molecule has 2 rings (SSSR count). The Balaban J connectivity index is 2.21. The monoisotopic (exact) mass is 470 g/mol. The first-order chi connectivity index (χ1) is 15.3. The van der Waals surface area contributed by atoms with Gasteiger partial charge in [-0.15, -0.1) is 0 Å². The van der Waals surface area contributed by atoms with Crippen molar-refractivity contribution in [1.82, 2.24) is 0 Å². The molecule has 2 saturated heterocycles. The molecule has 186 valence electrons. The molecule has 0 aromatic carbocycles. The molecule has 0 saturated carbocycles. The van der Waals surface area contributed by atoms with Crippen LogP contribution in [0.2, 0.25) is 0 Å². The van der Waals surface area contributed by atoms with Gasteiger partial charge in [0.1, 0.15) is 30.0 Å². The zero-order valence-corrected chi connectivity index (χ0v) is 19.9. The van der Waals surface area contributed by atoms with Crippen molar-refractivity contribution in [2.75, 3.05) is 6.61 Å². The van der Waals surface area contributed by atoms with E-state index in [1.807, 2.05) is 19.1 Å². The fourth-order valence-electron chi connectivity index (χ4n) is 4.36. The zero-order chi connectivity index (χ0) is 24.9. The predicted molar refractivity (Wildman–Crippen MR) is 114 cm³/mol. The van der Waals surface area contributed by atoms with Gasteiger partial charge in [-0.25, -0.2) is 0 Å². The Morgan fingerprint density at radius 3 is 2.24 bits per heavy atom. The van der Waals surface area contributed by atoms with Gasteiger partial charge < -0.3 is 28.8 Å². The maximum Gasteiger partial charge on any atom is 0.306 e. The van der Waals surface area contributed by atoms with Crippen LogP contribution >= 0.6 is 0 Å².